The maximum absolute atomic E-state index is 13.6. The summed E-state index contributed by atoms with van der Waals surface area (Å²) in [4.78, 5) is 8.07. The van der Waals surface area contributed by atoms with Crippen LogP contribution in [0.4, 0.5) is 4.39 Å². The van der Waals surface area contributed by atoms with Gasteiger partial charge in [0.1, 0.15) is 21.4 Å². The van der Waals surface area contributed by atoms with Gasteiger partial charge in [-0.05, 0) is 52.9 Å². The van der Waals surface area contributed by atoms with Crippen molar-refractivity contribution in [1.29, 1.82) is 0 Å². The molecule has 0 saturated carbocycles. The van der Waals surface area contributed by atoms with Gasteiger partial charge in [-0.2, -0.15) is 0 Å². The van der Waals surface area contributed by atoms with Crippen LogP contribution in [0.5, 0.6) is 5.75 Å². The number of halogens is 1. The lowest BCUT2D eigenvalue weighted by atomic mass is 9.93. The first-order chi connectivity index (χ1) is 16.7. The Kier molecular flexibility index (Phi) is 5.20. The van der Waals surface area contributed by atoms with Crippen molar-refractivity contribution >= 4 is 44.4 Å². The van der Waals surface area contributed by atoms with E-state index in [9.17, 15) is 8.60 Å². The van der Waals surface area contributed by atoms with Gasteiger partial charge in [-0.1, -0.05) is 48.5 Å². The van der Waals surface area contributed by atoms with Gasteiger partial charge in [-0.3, -0.25) is 0 Å². The first-order valence-electron chi connectivity index (χ1n) is 10.6. The molecule has 1 atom stereocenters. The van der Waals surface area contributed by atoms with Gasteiger partial charge in [0.05, 0.1) is 0 Å². The molecule has 0 aliphatic rings. The highest BCUT2D eigenvalue weighted by Gasteiger charge is 2.18. The minimum atomic E-state index is -1.59. The summed E-state index contributed by atoms with van der Waals surface area (Å²) in [5.74, 6) is 0.220. The van der Waals surface area contributed by atoms with E-state index in [1.165, 1.54) is 23.5 Å². The van der Waals surface area contributed by atoms with Crippen molar-refractivity contribution in [2.24, 2.45) is 0 Å². The molecule has 3 aromatic carbocycles. The highest BCUT2D eigenvalue weighted by Crippen LogP contribution is 2.41. The SMILES string of the molecule is O=S(Oc1ccc2[nH]c3ncc(-c4ccc(F)cc4)c(-c4ccccc4)c3c2c1)c1cccs1. The van der Waals surface area contributed by atoms with E-state index in [4.69, 9.17) is 4.18 Å². The third-order valence-electron chi connectivity index (χ3n) is 5.64. The topological polar surface area (TPSA) is 55.0 Å². The second-order valence-electron chi connectivity index (χ2n) is 7.73. The number of rotatable bonds is 5. The Morgan fingerprint density at radius 3 is 2.50 bits per heavy atom. The second-order valence-corrected chi connectivity index (χ2v) is 10.0. The zero-order valence-electron chi connectivity index (χ0n) is 17.7. The lowest BCUT2D eigenvalue weighted by Crippen LogP contribution is -1.98. The fourth-order valence-electron chi connectivity index (χ4n) is 4.13. The monoisotopic (exact) mass is 484 g/mol. The summed E-state index contributed by atoms with van der Waals surface area (Å²) in [5, 5.41) is 3.70. The van der Waals surface area contributed by atoms with Crippen LogP contribution < -0.4 is 4.18 Å². The average molecular weight is 485 g/mol. The number of nitrogens with one attached hydrogen (secondary N) is 1. The summed E-state index contributed by atoms with van der Waals surface area (Å²) < 4.78 is 32.7. The van der Waals surface area contributed by atoms with Gasteiger partial charge >= 0.3 is 0 Å². The van der Waals surface area contributed by atoms with Crippen molar-refractivity contribution in [3.05, 3.63) is 102 Å². The molecule has 1 unspecified atom stereocenters. The predicted molar refractivity (Wildman–Crippen MR) is 136 cm³/mol. The molecule has 0 bridgehead atoms. The Labute approximate surface area is 201 Å². The number of hydrogen-bond donors (Lipinski definition) is 1. The second kappa shape index (κ2) is 8.52. The zero-order valence-corrected chi connectivity index (χ0v) is 19.3. The number of H-pyrrole nitrogens is 1. The average Bonchev–Trinajstić information content (AvgIpc) is 3.53. The van der Waals surface area contributed by atoms with Gasteiger partial charge in [0, 0.05) is 33.6 Å². The van der Waals surface area contributed by atoms with Crippen LogP contribution in [0.15, 0.2) is 101 Å². The standard InChI is InChI=1S/C27H17FN2O2S2/c28-19-10-8-17(9-11-19)22-16-29-27-26(25(22)18-5-2-1-3-6-18)21-15-20(12-13-23(21)30-27)32-34(31)24-7-4-14-33-24/h1-16H,(H,29,30). The molecule has 0 spiro atoms. The molecule has 3 heterocycles. The fraction of sp³-hybridized carbons (Fsp3) is 0. The molecule has 34 heavy (non-hydrogen) atoms. The summed E-state index contributed by atoms with van der Waals surface area (Å²) >= 11 is -0.198. The molecule has 0 aliphatic carbocycles. The lowest BCUT2D eigenvalue weighted by Gasteiger charge is -2.12. The molecule has 6 aromatic rings. The van der Waals surface area contributed by atoms with E-state index < -0.39 is 11.1 Å². The minimum Gasteiger partial charge on any atom is -0.396 e. The van der Waals surface area contributed by atoms with E-state index in [-0.39, 0.29) is 5.82 Å². The third-order valence-corrected chi connectivity index (χ3v) is 7.81. The molecular weight excluding hydrogens is 467 g/mol. The Bertz CT molecular complexity index is 1640. The van der Waals surface area contributed by atoms with Crippen LogP contribution in [0, 0.1) is 5.82 Å². The van der Waals surface area contributed by atoms with E-state index in [1.54, 1.807) is 24.3 Å². The van der Waals surface area contributed by atoms with Gasteiger partial charge in [0.2, 0.25) is 0 Å². The summed E-state index contributed by atoms with van der Waals surface area (Å²) in [5.41, 5.74) is 5.40. The first-order valence-corrected chi connectivity index (χ1v) is 12.5. The Morgan fingerprint density at radius 1 is 0.912 bits per heavy atom. The highest BCUT2D eigenvalue weighted by atomic mass is 32.2. The Balaban J connectivity index is 1.59. The maximum Gasteiger partial charge on any atom is 0.251 e. The van der Waals surface area contributed by atoms with Crippen molar-refractivity contribution in [3.63, 3.8) is 0 Å². The Hall–Kier alpha value is -3.81. The molecule has 0 aliphatic heterocycles. The van der Waals surface area contributed by atoms with Gasteiger partial charge in [-0.15, -0.1) is 11.3 Å². The van der Waals surface area contributed by atoms with Gasteiger partial charge in [-0.25, -0.2) is 13.6 Å². The number of thiophene rings is 1. The van der Waals surface area contributed by atoms with E-state index in [1.807, 2.05) is 60.1 Å². The van der Waals surface area contributed by atoms with Gasteiger partial charge in [0.15, 0.2) is 0 Å². The lowest BCUT2D eigenvalue weighted by molar-refractivity contribution is 0.564. The molecule has 7 heteroatoms. The number of benzene rings is 3. The van der Waals surface area contributed by atoms with E-state index in [0.29, 0.717) is 9.96 Å². The summed E-state index contributed by atoms with van der Waals surface area (Å²) in [7, 11) is 0. The molecule has 0 radical (unpaired) electrons. The van der Waals surface area contributed by atoms with Crippen LogP contribution in [0.25, 0.3) is 44.2 Å². The van der Waals surface area contributed by atoms with E-state index >= 15 is 0 Å². The minimum absolute atomic E-state index is 0.285. The van der Waals surface area contributed by atoms with Crippen LogP contribution in [0.1, 0.15) is 0 Å². The predicted octanol–water partition coefficient (Wildman–Crippen LogP) is 7.35. The normalized spacial score (nSPS) is 12.3. The van der Waals surface area contributed by atoms with Crippen molar-refractivity contribution in [2.75, 3.05) is 0 Å². The molecule has 0 amide bonds. The molecule has 166 valence electrons. The molecule has 1 N–H and O–H groups in total. The van der Waals surface area contributed by atoms with Crippen LogP contribution in [-0.2, 0) is 11.1 Å². The molecule has 0 saturated heterocycles. The number of aromatic amines is 1. The molecule has 0 fully saturated rings. The largest absolute Gasteiger partial charge is 0.396 e. The van der Waals surface area contributed by atoms with Crippen molar-refractivity contribution in [1.82, 2.24) is 9.97 Å². The zero-order chi connectivity index (χ0) is 23.1. The highest BCUT2D eigenvalue weighted by molar-refractivity contribution is 7.83. The first kappa shape index (κ1) is 20.8. The smallest absolute Gasteiger partial charge is 0.251 e. The van der Waals surface area contributed by atoms with E-state index in [0.717, 1.165) is 44.2 Å². The van der Waals surface area contributed by atoms with Crippen LogP contribution in [-0.4, -0.2) is 14.2 Å². The molecule has 6 rings (SSSR count). The van der Waals surface area contributed by atoms with Crippen LogP contribution >= 0.6 is 11.3 Å². The van der Waals surface area contributed by atoms with Gasteiger partial charge < -0.3 is 9.17 Å². The molecular formula is C27H17FN2O2S2. The number of aromatic nitrogens is 2. The molecule has 4 nitrogen and oxygen atoms in total. The summed E-state index contributed by atoms with van der Waals surface area (Å²) in [6.45, 7) is 0. The summed E-state index contributed by atoms with van der Waals surface area (Å²) in [6.07, 6.45) is 1.82. The van der Waals surface area contributed by atoms with Crippen molar-refractivity contribution in [2.45, 2.75) is 4.21 Å². The number of pyridine rings is 1. The van der Waals surface area contributed by atoms with Crippen LogP contribution in [0.2, 0.25) is 0 Å². The maximum atomic E-state index is 13.6. The van der Waals surface area contributed by atoms with Gasteiger partial charge in [0.25, 0.3) is 11.1 Å². The third kappa shape index (κ3) is 3.69. The molecule has 3 aromatic heterocycles. The van der Waals surface area contributed by atoms with Crippen LogP contribution in [0.3, 0.4) is 0 Å². The quantitative estimate of drug-likeness (QED) is 0.278. The van der Waals surface area contributed by atoms with Crippen molar-refractivity contribution < 1.29 is 12.8 Å². The number of nitrogens with zero attached hydrogens (tertiary/aromatic N) is 1. The Morgan fingerprint density at radius 2 is 1.74 bits per heavy atom. The number of fused-ring (bicyclic) bond motifs is 3. The van der Waals surface area contributed by atoms with E-state index in [2.05, 4.69) is 9.97 Å². The van der Waals surface area contributed by atoms with Crippen molar-refractivity contribution in [3.8, 4) is 28.0 Å². The fourth-order valence-corrected chi connectivity index (χ4v) is 5.71. The number of hydrogen-bond acceptors (Lipinski definition) is 4. The summed E-state index contributed by atoms with van der Waals surface area (Å²) in [6, 6.07) is 25.7.